The summed E-state index contributed by atoms with van der Waals surface area (Å²) in [7, 11) is 0. The topological polar surface area (TPSA) is 86.5 Å². The molecule has 1 aliphatic rings. The van der Waals surface area contributed by atoms with Crippen molar-refractivity contribution in [2.24, 2.45) is 0 Å². The van der Waals surface area contributed by atoms with Crippen LogP contribution in [0.3, 0.4) is 0 Å². The van der Waals surface area contributed by atoms with E-state index >= 15 is 0 Å². The second-order valence-electron chi connectivity index (χ2n) is 4.59. The van der Waals surface area contributed by atoms with Gasteiger partial charge in [-0.1, -0.05) is 5.21 Å². The Balaban J connectivity index is 1.93. The molecule has 0 unspecified atom stereocenters. The molecule has 0 radical (unpaired) electrons. The van der Waals surface area contributed by atoms with Gasteiger partial charge in [0.15, 0.2) is 0 Å². The molecule has 0 saturated carbocycles. The monoisotopic (exact) mass is 296 g/mol. The first-order chi connectivity index (χ1) is 10.2. The van der Waals surface area contributed by atoms with Gasteiger partial charge in [0.2, 0.25) is 18.1 Å². The van der Waals surface area contributed by atoms with E-state index in [2.05, 4.69) is 10.3 Å². The van der Waals surface area contributed by atoms with Crippen molar-refractivity contribution in [3.05, 3.63) is 11.9 Å². The predicted molar refractivity (Wildman–Crippen MR) is 72.0 cm³/mol. The largest absolute Gasteiger partial charge is 0.347 e. The number of aromatic nitrogens is 3. The van der Waals surface area contributed by atoms with Crippen LogP contribution in [-0.4, -0.2) is 51.5 Å². The van der Waals surface area contributed by atoms with Crippen LogP contribution < -0.4 is 0 Å². The van der Waals surface area contributed by atoms with Gasteiger partial charge in [-0.3, -0.25) is 19.2 Å². The van der Waals surface area contributed by atoms with Crippen LogP contribution >= 0.6 is 0 Å². The van der Waals surface area contributed by atoms with Crippen molar-refractivity contribution in [2.45, 2.75) is 39.5 Å². The second-order valence-corrected chi connectivity index (χ2v) is 4.59. The highest BCUT2D eigenvalue weighted by molar-refractivity contribution is 6.01. The van der Waals surface area contributed by atoms with E-state index in [1.165, 1.54) is 4.90 Å². The third kappa shape index (κ3) is 3.85. The number of hydrogen-bond donors (Lipinski definition) is 0. The summed E-state index contributed by atoms with van der Waals surface area (Å²) in [6.07, 6.45) is 1.78. The average Bonchev–Trinajstić information content (AvgIpc) is 3.05. The molecule has 0 aliphatic carbocycles. The number of ether oxygens (including phenoxy) is 2. The van der Waals surface area contributed by atoms with Gasteiger partial charge in [0.25, 0.3) is 0 Å². The number of carbonyl (C=O) groups excluding carboxylic acids is 2. The molecule has 0 N–H and O–H groups in total. The fourth-order valence-corrected chi connectivity index (χ4v) is 2.13. The third-order valence-corrected chi connectivity index (χ3v) is 3.14. The maximum atomic E-state index is 11.5. The van der Waals surface area contributed by atoms with E-state index < -0.39 is 6.29 Å². The first-order valence-corrected chi connectivity index (χ1v) is 7.12. The Bertz CT molecular complexity index is 480. The van der Waals surface area contributed by atoms with E-state index in [-0.39, 0.29) is 11.8 Å². The lowest BCUT2D eigenvalue weighted by Gasteiger charge is -2.14. The van der Waals surface area contributed by atoms with E-state index in [9.17, 15) is 9.59 Å². The lowest BCUT2D eigenvalue weighted by Crippen LogP contribution is -2.32. The SMILES string of the molecule is CCOC(OCC)c1cn(CCN2C(=O)CCC2=O)nn1. The summed E-state index contributed by atoms with van der Waals surface area (Å²) in [4.78, 5) is 24.3. The van der Waals surface area contributed by atoms with Crippen LogP contribution in [0.15, 0.2) is 6.20 Å². The lowest BCUT2D eigenvalue weighted by atomic mass is 10.4. The molecule has 8 heteroatoms. The number of likely N-dealkylation sites (tertiary alicyclic amines) is 1. The minimum atomic E-state index is -0.538. The molecule has 1 aromatic rings. The zero-order valence-electron chi connectivity index (χ0n) is 12.3. The van der Waals surface area contributed by atoms with Gasteiger partial charge in [0.1, 0.15) is 5.69 Å². The second kappa shape index (κ2) is 7.28. The van der Waals surface area contributed by atoms with Gasteiger partial charge < -0.3 is 9.47 Å². The molecule has 1 saturated heterocycles. The van der Waals surface area contributed by atoms with E-state index in [0.29, 0.717) is 44.8 Å². The van der Waals surface area contributed by atoms with Gasteiger partial charge in [-0.15, -0.1) is 5.10 Å². The summed E-state index contributed by atoms with van der Waals surface area (Å²) >= 11 is 0. The maximum Gasteiger partial charge on any atom is 0.229 e. The highest BCUT2D eigenvalue weighted by atomic mass is 16.7. The van der Waals surface area contributed by atoms with Crippen molar-refractivity contribution < 1.29 is 19.1 Å². The zero-order valence-corrected chi connectivity index (χ0v) is 12.3. The van der Waals surface area contributed by atoms with Crippen LogP contribution in [0.25, 0.3) is 0 Å². The van der Waals surface area contributed by atoms with Crippen molar-refractivity contribution in [2.75, 3.05) is 19.8 Å². The highest BCUT2D eigenvalue weighted by Crippen LogP contribution is 2.16. The normalized spacial score (nSPS) is 15.5. The van der Waals surface area contributed by atoms with Gasteiger partial charge in [-0.2, -0.15) is 0 Å². The summed E-state index contributed by atoms with van der Waals surface area (Å²) in [5.41, 5.74) is 0.581. The van der Waals surface area contributed by atoms with E-state index in [4.69, 9.17) is 9.47 Å². The molecule has 2 amide bonds. The molecule has 0 atom stereocenters. The Morgan fingerprint density at radius 1 is 1.14 bits per heavy atom. The number of nitrogens with zero attached hydrogens (tertiary/aromatic N) is 4. The molecule has 0 bridgehead atoms. The lowest BCUT2D eigenvalue weighted by molar-refractivity contribution is -0.142. The third-order valence-electron chi connectivity index (χ3n) is 3.14. The van der Waals surface area contributed by atoms with Gasteiger partial charge in [-0.25, -0.2) is 0 Å². The molecule has 2 rings (SSSR count). The van der Waals surface area contributed by atoms with Crippen LogP contribution in [0.5, 0.6) is 0 Å². The standard InChI is InChI=1S/C13H20N4O4/c1-3-20-13(21-4-2)10-9-16(15-14-10)7-8-17-11(18)5-6-12(17)19/h9,13H,3-8H2,1-2H3. The summed E-state index contributed by atoms with van der Waals surface area (Å²) in [6, 6.07) is 0. The quantitative estimate of drug-likeness (QED) is 0.513. The predicted octanol–water partition coefficient (Wildman–Crippen LogP) is 0.499. The molecule has 2 heterocycles. The minimum absolute atomic E-state index is 0.123. The van der Waals surface area contributed by atoms with Crippen LogP contribution in [-0.2, 0) is 25.6 Å². The van der Waals surface area contributed by atoms with E-state index in [1.54, 1.807) is 10.9 Å². The van der Waals surface area contributed by atoms with Gasteiger partial charge in [-0.05, 0) is 13.8 Å². The molecule has 1 fully saturated rings. The number of hydrogen-bond acceptors (Lipinski definition) is 6. The molecule has 21 heavy (non-hydrogen) atoms. The van der Waals surface area contributed by atoms with Gasteiger partial charge >= 0.3 is 0 Å². The maximum absolute atomic E-state index is 11.5. The Hall–Kier alpha value is -1.80. The fraction of sp³-hybridized carbons (Fsp3) is 0.692. The van der Waals surface area contributed by atoms with Gasteiger partial charge in [0.05, 0.1) is 12.7 Å². The summed E-state index contributed by atoms with van der Waals surface area (Å²) in [5, 5.41) is 7.98. The van der Waals surface area contributed by atoms with Crippen LogP contribution in [0.4, 0.5) is 0 Å². The van der Waals surface area contributed by atoms with Crippen LogP contribution in [0.2, 0.25) is 0 Å². The average molecular weight is 296 g/mol. The summed E-state index contributed by atoms with van der Waals surface area (Å²) in [5.74, 6) is -0.247. The number of rotatable bonds is 8. The number of carbonyl (C=O) groups is 2. The fourth-order valence-electron chi connectivity index (χ4n) is 2.13. The van der Waals surface area contributed by atoms with E-state index in [0.717, 1.165) is 0 Å². The molecular formula is C13H20N4O4. The molecule has 1 aromatic heterocycles. The first-order valence-electron chi connectivity index (χ1n) is 7.12. The number of imide groups is 1. The van der Waals surface area contributed by atoms with Crippen molar-refractivity contribution >= 4 is 11.8 Å². The molecule has 116 valence electrons. The van der Waals surface area contributed by atoms with Crippen LogP contribution in [0.1, 0.15) is 38.7 Å². The summed E-state index contributed by atoms with van der Waals surface area (Å²) < 4.78 is 12.5. The Morgan fingerprint density at radius 2 is 1.76 bits per heavy atom. The van der Waals surface area contributed by atoms with Crippen molar-refractivity contribution in [1.82, 2.24) is 19.9 Å². The highest BCUT2D eigenvalue weighted by Gasteiger charge is 2.28. The Labute approximate surface area is 123 Å². The van der Waals surface area contributed by atoms with Gasteiger partial charge in [0, 0.05) is 32.6 Å². The Morgan fingerprint density at radius 3 is 2.33 bits per heavy atom. The molecule has 0 spiro atoms. The van der Waals surface area contributed by atoms with Crippen molar-refractivity contribution in [1.29, 1.82) is 0 Å². The van der Waals surface area contributed by atoms with Crippen molar-refractivity contribution in [3.8, 4) is 0 Å². The molecule has 8 nitrogen and oxygen atoms in total. The van der Waals surface area contributed by atoms with Crippen molar-refractivity contribution in [3.63, 3.8) is 0 Å². The first kappa shape index (κ1) is 15.6. The minimum Gasteiger partial charge on any atom is -0.347 e. The molecular weight excluding hydrogens is 276 g/mol. The van der Waals surface area contributed by atoms with E-state index in [1.807, 2.05) is 13.8 Å². The molecule has 0 aromatic carbocycles. The summed E-state index contributed by atoms with van der Waals surface area (Å²) in [6.45, 7) is 5.49. The Kier molecular flexibility index (Phi) is 5.40. The smallest absolute Gasteiger partial charge is 0.229 e. The zero-order chi connectivity index (χ0) is 15.2. The number of amides is 2. The molecule has 1 aliphatic heterocycles. The van der Waals surface area contributed by atoms with Crippen LogP contribution in [0, 0.1) is 0 Å².